The Kier molecular flexibility index (Phi) is 29.3. The third kappa shape index (κ3) is 22.2. The van der Waals surface area contributed by atoms with Crippen molar-refractivity contribution < 1.29 is 82.0 Å². The maximum atomic E-state index is 14.5. The van der Waals surface area contributed by atoms with Gasteiger partial charge in [-0.1, -0.05) is 104 Å². The van der Waals surface area contributed by atoms with Crippen molar-refractivity contribution >= 4 is 64.6 Å². The highest BCUT2D eigenvalue weighted by Gasteiger charge is 2.50. The Balaban J connectivity index is 0.877. The molecule has 3 aromatic rings. The number of ether oxygens (including phenoxy) is 7. The molecule has 7 atom stereocenters. The van der Waals surface area contributed by atoms with Gasteiger partial charge < -0.3 is 73.4 Å². The first-order valence-corrected chi connectivity index (χ1v) is 32.0. The molecule has 3 aliphatic rings. The number of nitrogens with zero attached hydrogens (tertiary/aromatic N) is 4. The molecular formula is C69H93ClN6O17. The molecular weight excluding hydrogens is 1220 g/mol. The van der Waals surface area contributed by atoms with Gasteiger partial charge in [0.15, 0.2) is 0 Å². The first-order chi connectivity index (χ1) is 44.4. The average molecular weight is 1310 g/mol. The van der Waals surface area contributed by atoms with Crippen LogP contribution in [0.5, 0.6) is 0 Å². The van der Waals surface area contributed by atoms with Crippen LogP contribution in [0.1, 0.15) is 114 Å². The SMILES string of the molecule is CO[C@@H]1/C=C/C=C(/C)Cc2cc(CO)c(Cl)c(c2)N(C)C(=O)C[C@H](OC(=O)[C@H](C)N(C)C(=O)CCCC(=O)N(C)CCOCCOCCOCCOCCC(=O)NCCC(=O)N2Cc3ccccc3C#Cc3ccccc32)C(C)(C)[C@@H](O)[C@H](C)[C@@H]2C[C@](O)(C1)NC(=O)O2. The van der Waals surface area contributed by atoms with E-state index in [-0.39, 0.29) is 106 Å². The minimum atomic E-state index is -1.81. The van der Waals surface area contributed by atoms with E-state index in [0.717, 1.165) is 33.5 Å². The summed E-state index contributed by atoms with van der Waals surface area (Å²) in [5.74, 6) is 3.05. The molecule has 0 aliphatic carbocycles. The van der Waals surface area contributed by atoms with Gasteiger partial charge in [0.25, 0.3) is 0 Å². The van der Waals surface area contributed by atoms with E-state index in [9.17, 15) is 48.9 Å². The number of hydrogen-bond donors (Lipinski definition) is 5. The lowest BCUT2D eigenvalue weighted by Gasteiger charge is -2.45. The predicted molar refractivity (Wildman–Crippen MR) is 349 cm³/mol. The lowest BCUT2D eigenvalue weighted by molar-refractivity contribution is -0.175. The van der Waals surface area contributed by atoms with Crippen molar-refractivity contribution in [2.75, 3.05) is 104 Å². The maximum Gasteiger partial charge on any atom is 0.409 e. The summed E-state index contributed by atoms with van der Waals surface area (Å²) in [6.07, 6.45) is 0.0613. The van der Waals surface area contributed by atoms with Crippen LogP contribution in [-0.4, -0.2) is 197 Å². The summed E-state index contributed by atoms with van der Waals surface area (Å²) in [5, 5.41) is 39.8. The molecule has 4 bridgehead atoms. The first kappa shape index (κ1) is 74.8. The molecule has 5 N–H and O–H groups in total. The van der Waals surface area contributed by atoms with Gasteiger partial charge in [0.05, 0.1) is 101 Å². The van der Waals surface area contributed by atoms with Crippen LogP contribution >= 0.6 is 11.6 Å². The highest BCUT2D eigenvalue weighted by molar-refractivity contribution is 6.34. The summed E-state index contributed by atoms with van der Waals surface area (Å²) in [5.41, 5.74) is 2.35. The van der Waals surface area contributed by atoms with Crippen molar-refractivity contribution in [1.29, 1.82) is 0 Å². The van der Waals surface area contributed by atoms with E-state index in [1.54, 1.807) is 57.0 Å². The number of allylic oxidation sites excluding steroid dienone is 3. The number of fused-ring (bicyclic) bond motifs is 6. The van der Waals surface area contributed by atoms with Crippen LogP contribution < -0.4 is 20.4 Å². The van der Waals surface area contributed by atoms with Gasteiger partial charge in [0.2, 0.25) is 29.5 Å². The Hall–Kier alpha value is -7.24. The number of benzene rings is 3. The third-order valence-electron chi connectivity index (χ3n) is 17.1. The molecule has 0 radical (unpaired) electrons. The van der Waals surface area contributed by atoms with Crippen molar-refractivity contribution in [3.63, 3.8) is 0 Å². The van der Waals surface area contributed by atoms with Gasteiger partial charge >= 0.3 is 12.1 Å². The molecule has 24 heteroatoms. The largest absolute Gasteiger partial charge is 0.460 e. The smallest absolute Gasteiger partial charge is 0.409 e. The molecule has 0 unspecified atom stereocenters. The highest BCUT2D eigenvalue weighted by Crippen LogP contribution is 2.40. The van der Waals surface area contributed by atoms with Crippen LogP contribution in [0.4, 0.5) is 16.2 Å². The molecule has 508 valence electrons. The summed E-state index contributed by atoms with van der Waals surface area (Å²) in [7, 11) is 6.03. The number of anilines is 2. The Labute approximate surface area is 551 Å². The van der Waals surface area contributed by atoms with Crippen LogP contribution in [0, 0.1) is 23.2 Å². The van der Waals surface area contributed by atoms with Gasteiger partial charge in [-0.2, -0.15) is 0 Å². The molecule has 6 rings (SSSR count). The first-order valence-electron chi connectivity index (χ1n) is 31.6. The molecule has 0 aromatic heterocycles. The number of halogens is 1. The predicted octanol–water partition coefficient (Wildman–Crippen LogP) is 6.16. The van der Waals surface area contributed by atoms with Gasteiger partial charge in [-0.05, 0) is 67.6 Å². The van der Waals surface area contributed by atoms with Gasteiger partial charge in [-0.15, -0.1) is 0 Å². The number of aliphatic hydroxyl groups is 3. The standard InChI is InChI=1S/C69H93ClN6O17/c1-46-16-14-20-54(87-9)42-69(86)43-57(92-67(85)72-69)47(2)65(83)68(4,5)58(41-63(82)75(8)56-40-49(38-46)39-53(45-77)64(56)70)93-66(84)48(3)74(7)61(80)23-15-22-60(79)73(6)29-31-89-33-35-91-37-36-90-34-32-88-30-27-59(78)71-28-26-62(81)76-44-52-19-11-10-17-50(52)24-25-51-18-12-13-21-55(51)76/h10-14,16-21,39-40,47-48,54,57-58,65,77,83,86H,15,22-23,26-38,41-45H2,1-9H3,(H,71,78)(H,72,85)/b20-14+,46-16-/t47-,48+,54-,57+,58+,65+,69-/m1/s1. The van der Waals surface area contributed by atoms with Gasteiger partial charge in [-0.25, -0.2) is 9.59 Å². The summed E-state index contributed by atoms with van der Waals surface area (Å²) in [6.45, 7) is 10.9. The van der Waals surface area contributed by atoms with Crippen LogP contribution in [0.2, 0.25) is 5.02 Å². The van der Waals surface area contributed by atoms with Gasteiger partial charge in [0, 0.05) is 102 Å². The highest BCUT2D eigenvalue weighted by atomic mass is 35.5. The molecule has 0 spiro atoms. The number of carbonyl (C=O) groups is 7. The Bertz CT molecular complexity index is 3180. The van der Waals surface area contributed by atoms with E-state index in [1.165, 1.54) is 42.8 Å². The number of rotatable bonds is 27. The van der Waals surface area contributed by atoms with Crippen molar-refractivity contribution in [1.82, 2.24) is 20.4 Å². The fourth-order valence-corrected chi connectivity index (χ4v) is 11.3. The van der Waals surface area contributed by atoms with E-state index in [0.29, 0.717) is 51.5 Å². The summed E-state index contributed by atoms with van der Waals surface area (Å²) >= 11 is 6.81. The molecule has 0 saturated carbocycles. The van der Waals surface area contributed by atoms with Crippen LogP contribution in [0.3, 0.4) is 0 Å². The summed E-state index contributed by atoms with van der Waals surface area (Å²) < 4.78 is 39.8. The quantitative estimate of drug-likeness (QED) is 0.0325. The fourth-order valence-electron chi connectivity index (χ4n) is 11.0. The Morgan fingerprint density at radius 3 is 2.18 bits per heavy atom. The normalized spacial score (nSPS) is 21.9. The minimum absolute atomic E-state index is 0.0453. The van der Waals surface area contributed by atoms with E-state index >= 15 is 0 Å². The molecule has 6 amide bonds. The fraction of sp³-hybridized carbons (Fsp3) is 0.551. The second-order valence-electron chi connectivity index (χ2n) is 24.4. The lowest BCUT2D eigenvalue weighted by atomic mass is 9.72. The number of likely N-dealkylation sites (N-methyl/N-ethyl adjacent to an activating group) is 2. The third-order valence-corrected chi connectivity index (χ3v) is 17.5. The molecule has 1 saturated heterocycles. The summed E-state index contributed by atoms with van der Waals surface area (Å²) in [4.78, 5) is 99.9. The number of para-hydroxylation sites is 1. The second-order valence-corrected chi connectivity index (χ2v) is 24.7. The van der Waals surface area contributed by atoms with Gasteiger partial charge in [-0.3, -0.25) is 29.3 Å². The monoisotopic (exact) mass is 1310 g/mol. The lowest BCUT2D eigenvalue weighted by Crippen LogP contribution is -2.60. The van der Waals surface area contributed by atoms with Crippen LogP contribution in [0.15, 0.2) is 84.5 Å². The van der Waals surface area contributed by atoms with Crippen LogP contribution in [0.25, 0.3) is 0 Å². The minimum Gasteiger partial charge on any atom is -0.460 e. The number of esters is 1. The van der Waals surface area contributed by atoms with Gasteiger partial charge in [0.1, 0.15) is 24.0 Å². The number of carbonyl (C=O) groups excluding carboxylic acids is 7. The van der Waals surface area contributed by atoms with Crippen molar-refractivity contribution in [3.05, 3.63) is 117 Å². The zero-order valence-corrected chi connectivity index (χ0v) is 55.8. The number of alkyl carbamates (subject to hydrolysis) is 1. The van der Waals surface area contributed by atoms with Crippen molar-refractivity contribution in [2.45, 2.75) is 142 Å². The number of amides is 6. The Morgan fingerprint density at radius 1 is 0.860 bits per heavy atom. The molecule has 3 heterocycles. The molecule has 23 nitrogen and oxygen atoms in total. The topological polar surface area (TPSA) is 282 Å². The molecule has 3 aromatic carbocycles. The molecule has 1 fully saturated rings. The van der Waals surface area contributed by atoms with E-state index < -0.39 is 84.4 Å². The maximum absolute atomic E-state index is 14.5. The molecule has 93 heavy (non-hydrogen) atoms. The molecule has 3 aliphatic heterocycles. The van der Waals surface area contributed by atoms with E-state index in [4.69, 9.17) is 44.8 Å². The van der Waals surface area contributed by atoms with E-state index in [1.807, 2.05) is 61.5 Å². The number of hydrogen-bond acceptors (Lipinski definition) is 17. The summed E-state index contributed by atoms with van der Waals surface area (Å²) in [6, 6.07) is 17.6. The number of nitrogens with one attached hydrogen (secondary N) is 2. The van der Waals surface area contributed by atoms with Crippen molar-refractivity contribution in [2.24, 2.45) is 11.3 Å². The zero-order valence-electron chi connectivity index (χ0n) is 55.0. The van der Waals surface area contributed by atoms with Crippen molar-refractivity contribution in [3.8, 4) is 11.8 Å². The second kappa shape index (κ2) is 36.4. The van der Waals surface area contributed by atoms with Crippen LogP contribution in [-0.2, 0) is 81.5 Å². The average Bonchev–Trinajstić information content (AvgIpc) is 0.863. The van der Waals surface area contributed by atoms with E-state index in [2.05, 4.69) is 22.5 Å². The Morgan fingerprint density at radius 2 is 1.49 bits per heavy atom. The number of methoxy groups -OCH3 is 1. The zero-order chi connectivity index (χ0) is 67.8. The number of aliphatic hydroxyl groups excluding tert-OH is 2.